The van der Waals surface area contributed by atoms with Crippen LogP contribution in [0.3, 0.4) is 0 Å². The number of carbonyl (C=O) groups excluding carboxylic acids is 3. The molecule has 0 aliphatic heterocycles. The van der Waals surface area contributed by atoms with Crippen molar-refractivity contribution in [2.45, 2.75) is 322 Å². The molecule has 0 N–H and O–H groups in total. The van der Waals surface area contributed by atoms with Gasteiger partial charge in [0.05, 0.1) is 0 Å². The Hall–Kier alpha value is -2.11. The highest BCUT2D eigenvalue weighted by Gasteiger charge is 2.19. The molecule has 0 rings (SSSR count). The quantitative estimate of drug-likeness (QED) is 0.0262. The summed E-state index contributed by atoms with van der Waals surface area (Å²) in [7, 11) is 0. The lowest BCUT2D eigenvalue weighted by molar-refractivity contribution is -0.167. The van der Waals surface area contributed by atoms with Crippen molar-refractivity contribution < 1.29 is 28.6 Å². The van der Waals surface area contributed by atoms with Crippen molar-refractivity contribution in [3.05, 3.63) is 24.3 Å². The zero-order chi connectivity index (χ0) is 47.2. The van der Waals surface area contributed by atoms with Crippen molar-refractivity contribution in [3.63, 3.8) is 0 Å². The highest BCUT2D eigenvalue weighted by atomic mass is 16.6. The highest BCUT2D eigenvalue weighted by molar-refractivity contribution is 5.71. The Labute approximate surface area is 404 Å². The minimum absolute atomic E-state index is 0.0681. The lowest BCUT2D eigenvalue weighted by atomic mass is 10.0. The monoisotopic (exact) mass is 915 g/mol. The average Bonchev–Trinajstić information content (AvgIpc) is 3.30. The van der Waals surface area contributed by atoms with Crippen molar-refractivity contribution in [2.24, 2.45) is 0 Å². The maximum Gasteiger partial charge on any atom is 0.306 e. The summed E-state index contributed by atoms with van der Waals surface area (Å²) in [6, 6.07) is 0. The fourth-order valence-electron chi connectivity index (χ4n) is 8.59. The van der Waals surface area contributed by atoms with Crippen LogP contribution in [0.5, 0.6) is 0 Å². The van der Waals surface area contributed by atoms with Crippen molar-refractivity contribution >= 4 is 17.9 Å². The second kappa shape index (κ2) is 54.5. The molecule has 0 spiro atoms. The van der Waals surface area contributed by atoms with E-state index in [1.807, 2.05) is 0 Å². The summed E-state index contributed by atoms with van der Waals surface area (Å²) in [6.07, 6.45) is 63.0. The van der Waals surface area contributed by atoms with Crippen molar-refractivity contribution in [1.29, 1.82) is 0 Å². The number of hydrogen-bond donors (Lipinski definition) is 0. The van der Waals surface area contributed by atoms with Crippen LogP contribution in [0.4, 0.5) is 0 Å². The fraction of sp³-hybridized carbons (Fsp3) is 0.881. The van der Waals surface area contributed by atoms with Crippen LogP contribution >= 0.6 is 0 Å². The van der Waals surface area contributed by atoms with E-state index in [4.69, 9.17) is 14.2 Å². The molecule has 0 aliphatic carbocycles. The number of esters is 3. The minimum atomic E-state index is -0.769. The Morgan fingerprint density at radius 3 is 0.877 bits per heavy atom. The highest BCUT2D eigenvalue weighted by Crippen LogP contribution is 2.17. The van der Waals surface area contributed by atoms with E-state index < -0.39 is 6.10 Å². The van der Waals surface area contributed by atoms with Crippen LogP contribution in [-0.4, -0.2) is 37.2 Å². The van der Waals surface area contributed by atoms with Gasteiger partial charge in [-0.3, -0.25) is 14.4 Å². The van der Waals surface area contributed by atoms with Gasteiger partial charge in [0.2, 0.25) is 0 Å². The molecule has 0 heterocycles. The number of carbonyl (C=O) groups is 3. The Bertz CT molecular complexity index is 1050. The normalized spacial score (nSPS) is 12.1. The molecule has 0 saturated carbocycles. The van der Waals surface area contributed by atoms with Crippen molar-refractivity contribution in [1.82, 2.24) is 0 Å². The van der Waals surface area contributed by atoms with E-state index in [2.05, 4.69) is 45.1 Å². The Balaban J connectivity index is 4.33. The van der Waals surface area contributed by atoms with Crippen molar-refractivity contribution in [2.75, 3.05) is 13.2 Å². The summed E-state index contributed by atoms with van der Waals surface area (Å²) >= 11 is 0. The van der Waals surface area contributed by atoms with E-state index in [0.717, 1.165) is 70.6 Å². The summed E-state index contributed by atoms with van der Waals surface area (Å²) in [5, 5.41) is 0. The summed E-state index contributed by atoms with van der Waals surface area (Å²) < 4.78 is 16.9. The van der Waals surface area contributed by atoms with Crippen LogP contribution < -0.4 is 0 Å². The third kappa shape index (κ3) is 52.7. The molecular weight excluding hydrogens is 805 g/mol. The Kier molecular flexibility index (Phi) is 52.7. The molecule has 6 nitrogen and oxygen atoms in total. The molecule has 0 aliphatic rings. The second-order valence-electron chi connectivity index (χ2n) is 19.6. The molecular formula is C59H110O6. The molecule has 0 radical (unpaired) electrons. The van der Waals surface area contributed by atoms with Crippen LogP contribution in [0, 0.1) is 0 Å². The molecule has 0 bridgehead atoms. The number of unbranched alkanes of at least 4 members (excludes halogenated alkanes) is 38. The summed E-state index contributed by atoms with van der Waals surface area (Å²) in [5.41, 5.74) is 0. The minimum Gasteiger partial charge on any atom is -0.462 e. The van der Waals surface area contributed by atoms with Crippen LogP contribution in [0.15, 0.2) is 24.3 Å². The molecule has 0 aromatic heterocycles. The zero-order valence-electron chi connectivity index (χ0n) is 43.8. The van der Waals surface area contributed by atoms with Crippen LogP contribution in [0.1, 0.15) is 316 Å². The standard InChI is InChI=1S/C59H110O6/c1-4-7-10-13-16-19-22-25-27-29-31-34-37-40-43-46-49-52-58(61)64-55-56(54-63-57(60)51-48-45-42-39-36-33-24-21-18-15-12-9-6-3)65-59(62)53-50-47-44-41-38-35-32-30-28-26-23-20-17-14-11-8-5-2/h16,19,25,27,56H,4-15,17-18,20-24,26,28-55H2,1-3H3/b19-16+,27-25+/t56-/m1/s1. The van der Waals surface area contributed by atoms with E-state index >= 15 is 0 Å². The molecule has 0 aromatic rings. The molecule has 1 atom stereocenters. The van der Waals surface area contributed by atoms with Gasteiger partial charge in [-0.25, -0.2) is 0 Å². The van der Waals surface area contributed by atoms with Gasteiger partial charge >= 0.3 is 17.9 Å². The molecule has 0 fully saturated rings. The number of hydrogen-bond acceptors (Lipinski definition) is 6. The largest absolute Gasteiger partial charge is 0.462 e. The zero-order valence-corrected chi connectivity index (χ0v) is 43.8. The summed E-state index contributed by atoms with van der Waals surface area (Å²) in [4.78, 5) is 38.1. The molecule has 0 unspecified atom stereocenters. The fourth-order valence-corrected chi connectivity index (χ4v) is 8.59. The van der Waals surface area contributed by atoms with E-state index in [0.29, 0.717) is 19.3 Å². The molecule has 0 aromatic carbocycles. The topological polar surface area (TPSA) is 78.9 Å². The van der Waals surface area contributed by atoms with Gasteiger partial charge in [-0.05, 0) is 51.4 Å². The first-order valence-electron chi connectivity index (χ1n) is 28.8. The third-order valence-electron chi connectivity index (χ3n) is 13.0. The average molecular weight is 916 g/mol. The molecule has 0 saturated heterocycles. The number of allylic oxidation sites excluding steroid dienone is 4. The van der Waals surface area contributed by atoms with Crippen molar-refractivity contribution in [3.8, 4) is 0 Å². The van der Waals surface area contributed by atoms with Gasteiger partial charge < -0.3 is 14.2 Å². The van der Waals surface area contributed by atoms with Crippen LogP contribution in [-0.2, 0) is 28.6 Å². The van der Waals surface area contributed by atoms with Gasteiger partial charge in [-0.15, -0.1) is 0 Å². The Morgan fingerprint density at radius 1 is 0.308 bits per heavy atom. The van der Waals surface area contributed by atoms with E-state index in [1.54, 1.807) is 0 Å². The first-order chi connectivity index (χ1) is 32.0. The Morgan fingerprint density at radius 2 is 0.554 bits per heavy atom. The van der Waals surface area contributed by atoms with E-state index in [9.17, 15) is 14.4 Å². The third-order valence-corrected chi connectivity index (χ3v) is 13.0. The lowest BCUT2D eigenvalue weighted by Crippen LogP contribution is -2.30. The maximum absolute atomic E-state index is 12.8. The maximum atomic E-state index is 12.8. The van der Waals surface area contributed by atoms with Gasteiger partial charge in [-0.2, -0.15) is 0 Å². The van der Waals surface area contributed by atoms with Gasteiger partial charge in [0, 0.05) is 19.3 Å². The van der Waals surface area contributed by atoms with Gasteiger partial charge in [0.25, 0.3) is 0 Å². The summed E-state index contributed by atoms with van der Waals surface area (Å²) in [5.74, 6) is -0.855. The predicted octanol–water partition coefficient (Wildman–Crippen LogP) is 19.1. The van der Waals surface area contributed by atoms with Gasteiger partial charge in [0.1, 0.15) is 13.2 Å². The predicted molar refractivity (Wildman–Crippen MR) is 279 cm³/mol. The molecule has 6 heteroatoms. The first-order valence-corrected chi connectivity index (χ1v) is 28.8. The molecule has 65 heavy (non-hydrogen) atoms. The number of rotatable bonds is 53. The SMILES string of the molecule is CCCCC/C=C/C/C=C/CCCCCCCCCC(=O)OC[C@@H](COC(=O)CCCCCCCCCCCCCCC)OC(=O)CCCCCCCCCCCCCCCCCCC. The smallest absolute Gasteiger partial charge is 0.306 e. The molecule has 382 valence electrons. The second-order valence-corrected chi connectivity index (χ2v) is 19.6. The van der Waals surface area contributed by atoms with E-state index in [-0.39, 0.29) is 31.1 Å². The van der Waals surface area contributed by atoms with Crippen LogP contribution in [0.25, 0.3) is 0 Å². The van der Waals surface area contributed by atoms with Gasteiger partial charge in [0.15, 0.2) is 6.10 Å². The van der Waals surface area contributed by atoms with Crippen LogP contribution in [0.2, 0.25) is 0 Å². The molecule has 0 amide bonds. The summed E-state index contributed by atoms with van der Waals surface area (Å²) in [6.45, 7) is 6.66. The van der Waals surface area contributed by atoms with E-state index in [1.165, 1.54) is 205 Å². The lowest BCUT2D eigenvalue weighted by Gasteiger charge is -2.18. The first kappa shape index (κ1) is 62.9. The number of ether oxygens (including phenoxy) is 3. The van der Waals surface area contributed by atoms with Gasteiger partial charge in [-0.1, -0.05) is 270 Å².